The summed E-state index contributed by atoms with van der Waals surface area (Å²) in [5.74, 6) is 1.24. The predicted molar refractivity (Wildman–Crippen MR) is 89.1 cm³/mol. The average Bonchev–Trinajstić information content (AvgIpc) is 3.27. The first kappa shape index (κ1) is 14.7. The summed E-state index contributed by atoms with van der Waals surface area (Å²) in [6.45, 7) is 7.07. The van der Waals surface area contributed by atoms with Crippen LogP contribution in [-0.2, 0) is 0 Å². The van der Waals surface area contributed by atoms with E-state index in [2.05, 4.69) is 24.5 Å². The zero-order valence-corrected chi connectivity index (χ0v) is 13.9. The Labute approximate surface area is 130 Å². The molecule has 1 aromatic heterocycles. The van der Waals surface area contributed by atoms with Crippen molar-refractivity contribution < 1.29 is 4.79 Å². The van der Waals surface area contributed by atoms with E-state index in [0.29, 0.717) is 23.0 Å². The number of rotatable bonds is 6. The van der Waals surface area contributed by atoms with Crippen LogP contribution in [0.3, 0.4) is 0 Å². The van der Waals surface area contributed by atoms with E-state index in [0.717, 1.165) is 10.9 Å². The lowest BCUT2D eigenvalue weighted by atomic mass is 9.98. The van der Waals surface area contributed by atoms with E-state index in [-0.39, 0.29) is 11.4 Å². The number of nitrogens with one attached hydrogen (secondary N) is 2. The number of carbonyl (C=O) groups excluding carboxylic acids is 1. The van der Waals surface area contributed by atoms with Crippen LogP contribution in [0.5, 0.6) is 0 Å². The minimum atomic E-state index is -0.0424. The van der Waals surface area contributed by atoms with Gasteiger partial charge in [-0.05, 0) is 58.3 Å². The normalized spacial score (nSPS) is 18.6. The van der Waals surface area contributed by atoms with Gasteiger partial charge in [0.25, 0.3) is 5.91 Å². The maximum absolute atomic E-state index is 12.2. The van der Waals surface area contributed by atoms with E-state index < -0.39 is 0 Å². The van der Waals surface area contributed by atoms with Crippen LogP contribution in [0.2, 0.25) is 0 Å². The molecule has 0 saturated heterocycles. The Morgan fingerprint density at radius 3 is 2.52 bits per heavy atom. The van der Waals surface area contributed by atoms with Crippen molar-refractivity contribution in [2.75, 3.05) is 17.6 Å². The largest absolute Gasteiger partial charge is 0.397 e. The predicted octanol–water partition coefficient (Wildman–Crippen LogP) is 3.56. The van der Waals surface area contributed by atoms with Gasteiger partial charge in [-0.2, -0.15) is 0 Å². The van der Waals surface area contributed by atoms with Crippen molar-refractivity contribution in [1.82, 2.24) is 5.32 Å². The fourth-order valence-corrected chi connectivity index (χ4v) is 4.23. The van der Waals surface area contributed by atoms with Crippen LogP contribution in [0.1, 0.15) is 67.6 Å². The second-order valence-corrected chi connectivity index (χ2v) is 7.86. The van der Waals surface area contributed by atoms with Crippen LogP contribution < -0.4 is 16.4 Å². The summed E-state index contributed by atoms with van der Waals surface area (Å²) in [4.78, 5) is 12.9. The van der Waals surface area contributed by atoms with Crippen LogP contribution in [-0.4, -0.2) is 18.0 Å². The van der Waals surface area contributed by atoms with Gasteiger partial charge in [-0.25, -0.2) is 0 Å². The molecule has 4 nitrogen and oxygen atoms in total. The highest BCUT2D eigenvalue weighted by Gasteiger charge is 2.40. The molecule has 0 atom stereocenters. The molecule has 1 heterocycles. The van der Waals surface area contributed by atoms with Crippen molar-refractivity contribution in [2.45, 2.75) is 57.9 Å². The fourth-order valence-electron chi connectivity index (χ4n) is 2.94. The molecule has 0 bridgehead atoms. The Kier molecular flexibility index (Phi) is 3.64. The molecule has 2 aliphatic carbocycles. The van der Waals surface area contributed by atoms with Crippen molar-refractivity contribution in [3.63, 3.8) is 0 Å². The number of amides is 1. The maximum Gasteiger partial charge on any atom is 0.263 e. The Hall–Kier alpha value is -1.23. The number of thiophene rings is 1. The number of anilines is 2. The van der Waals surface area contributed by atoms with Crippen LogP contribution >= 0.6 is 11.3 Å². The minimum absolute atomic E-state index is 0.0424. The lowest BCUT2D eigenvalue weighted by molar-refractivity contribution is 0.0960. The second-order valence-electron chi connectivity index (χ2n) is 6.84. The smallest absolute Gasteiger partial charge is 0.263 e. The van der Waals surface area contributed by atoms with Gasteiger partial charge in [0.05, 0.1) is 10.7 Å². The van der Waals surface area contributed by atoms with Gasteiger partial charge in [0.2, 0.25) is 0 Å². The monoisotopic (exact) mass is 307 g/mol. The zero-order valence-electron chi connectivity index (χ0n) is 13.1. The number of nitrogen functional groups attached to an aromatic ring is 1. The Morgan fingerprint density at radius 2 is 2.00 bits per heavy atom. The third-order valence-corrected chi connectivity index (χ3v) is 5.68. The third-order valence-electron chi connectivity index (χ3n) is 4.55. The van der Waals surface area contributed by atoms with Gasteiger partial charge < -0.3 is 16.4 Å². The Bertz CT molecular complexity index is 556. The molecule has 0 aromatic carbocycles. The molecule has 0 aliphatic heterocycles. The van der Waals surface area contributed by atoms with E-state index in [1.165, 1.54) is 42.6 Å². The molecule has 5 heteroatoms. The quantitative estimate of drug-likeness (QED) is 0.753. The minimum Gasteiger partial charge on any atom is -0.397 e. The van der Waals surface area contributed by atoms with Gasteiger partial charge in [0.15, 0.2) is 0 Å². The standard InChI is InChI=1S/C16H25N3OS/c1-4-18-14(20)13-12(17)11(9-5-6-9)15(21-13)19-16(2,3)10-7-8-10/h9-10,19H,4-8,17H2,1-3H3,(H,18,20). The van der Waals surface area contributed by atoms with Crippen molar-refractivity contribution in [3.05, 3.63) is 10.4 Å². The van der Waals surface area contributed by atoms with E-state index >= 15 is 0 Å². The van der Waals surface area contributed by atoms with Crippen LogP contribution in [0, 0.1) is 5.92 Å². The molecule has 1 aromatic rings. The molecule has 0 unspecified atom stereocenters. The molecule has 2 fully saturated rings. The number of carbonyl (C=O) groups is 1. The van der Waals surface area contributed by atoms with Crippen molar-refractivity contribution in [3.8, 4) is 0 Å². The van der Waals surface area contributed by atoms with Gasteiger partial charge in [0, 0.05) is 17.6 Å². The van der Waals surface area contributed by atoms with Gasteiger partial charge in [-0.3, -0.25) is 4.79 Å². The zero-order chi connectivity index (χ0) is 15.2. The molecule has 2 saturated carbocycles. The molecule has 116 valence electrons. The molecular formula is C16H25N3OS. The molecular weight excluding hydrogens is 282 g/mol. The van der Waals surface area contributed by atoms with Crippen molar-refractivity contribution in [2.24, 2.45) is 5.92 Å². The second kappa shape index (κ2) is 5.20. The van der Waals surface area contributed by atoms with Crippen LogP contribution in [0.15, 0.2) is 0 Å². The third kappa shape index (κ3) is 2.89. The van der Waals surface area contributed by atoms with Gasteiger partial charge in [0.1, 0.15) is 4.88 Å². The number of nitrogens with two attached hydrogens (primary N) is 1. The first-order chi connectivity index (χ1) is 9.94. The molecule has 21 heavy (non-hydrogen) atoms. The highest BCUT2D eigenvalue weighted by Crippen LogP contribution is 2.52. The molecule has 3 rings (SSSR count). The lowest BCUT2D eigenvalue weighted by Crippen LogP contribution is -2.33. The van der Waals surface area contributed by atoms with Gasteiger partial charge >= 0.3 is 0 Å². The molecule has 4 N–H and O–H groups in total. The topological polar surface area (TPSA) is 67.2 Å². The first-order valence-electron chi connectivity index (χ1n) is 7.92. The van der Waals surface area contributed by atoms with Gasteiger partial charge in [-0.1, -0.05) is 0 Å². The summed E-state index contributed by atoms with van der Waals surface area (Å²) in [5.41, 5.74) is 8.27. The highest BCUT2D eigenvalue weighted by molar-refractivity contribution is 7.18. The van der Waals surface area contributed by atoms with Crippen LogP contribution in [0.4, 0.5) is 10.7 Å². The molecule has 2 aliphatic rings. The summed E-state index contributed by atoms with van der Waals surface area (Å²) in [6.07, 6.45) is 4.97. The number of hydrogen-bond donors (Lipinski definition) is 3. The number of hydrogen-bond acceptors (Lipinski definition) is 4. The SMILES string of the molecule is CCNC(=O)c1sc(NC(C)(C)C2CC2)c(C2CC2)c1N. The van der Waals surface area contributed by atoms with E-state index in [4.69, 9.17) is 5.73 Å². The van der Waals surface area contributed by atoms with Crippen LogP contribution in [0.25, 0.3) is 0 Å². The summed E-state index contributed by atoms with van der Waals surface area (Å²) < 4.78 is 0. The highest BCUT2D eigenvalue weighted by atomic mass is 32.1. The van der Waals surface area contributed by atoms with E-state index in [9.17, 15) is 4.79 Å². The summed E-state index contributed by atoms with van der Waals surface area (Å²) >= 11 is 1.53. The molecule has 0 spiro atoms. The fraction of sp³-hybridized carbons (Fsp3) is 0.688. The van der Waals surface area contributed by atoms with E-state index in [1.54, 1.807) is 0 Å². The summed E-state index contributed by atoms with van der Waals surface area (Å²) in [7, 11) is 0. The average molecular weight is 307 g/mol. The molecule has 1 amide bonds. The van der Waals surface area contributed by atoms with Crippen molar-refractivity contribution >= 4 is 27.9 Å². The van der Waals surface area contributed by atoms with Gasteiger partial charge in [-0.15, -0.1) is 11.3 Å². The Morgan fingerprint density at radius 1 is 1.33 bits per heavy atom. The maximum atomic E-state index is 12.2. The first-order valence-corrected chi connectivity index (χ1v) is 8.74. The Balaban J connectivity index is 1.91. The summed E-state index contributed by atoms with van der Waals surface area (Å²) in [6, 6.07) is 0. The summed E-state index contributed by atoms with van der Waals surface area (Å²) in [5, 5.41) is 7.67. The van der Waals surface area contributed by atoms with Crippen molar-refractivity contribution in [1.29, 1.82) is 0 Å². The van der Waals surface area contributed by atoms with E-state index in [1.807, 2.05) is 6.92 Å². The molecule has 0 radical (unpaired) electrons. The lowest BCUT2D eigenvalue weighted by Gasteiger charge is -2.27.